The van der Waals surface area contributed by atoms with Gasteiger partial charge in [-0.15, -0.1) is 0 Å². The summed E-state index contributed by atoms with van der Waals surface area (Å²) in [5.74, 6) is 0.117. The first-order valence-electron chi connectivity index (χ1n) is 7.11. The van der Waals surface area contributed by atoms with Gasteiger partial charge < -0.3 is 9.15 Å². The molecule has 4 nitrogen and oxygen atoms in total. The monoisotopic (exact) mass is 273 g/mol. The number of Topliss-reactive ketones (excluding diaryl/α,β-unsaturated/α-hetero) is 1. The summed E-state index contributed by atoms with van der Waals surface area (Å²) < 4.78 is 11.1. The molecule has 0 aliphatic carbocycles. The highest BCUT2D eigenvalue weighted by Gasteiger charge is 2.22. The number of benzene rings is 1. The fourth-order valence-corrected chi connectivity index (χ4v) is 2.65. The molecule has 0 bridgehead atoms. The zero-order chi connectivity index (χ0) is 13.9. The Kier molecular flexibility index (Phi) is 3.85. The van der Waals surface area contributed by atoms with E-state index >= 15 is 0 Å². The number of nitrogens with zero attached hydrogens (tertiary/aromatic N) is 1. The van der Waals surface area contributed by atoms with Gasteiger partial charge in [0.2, 0.25) is 0 Å². The van der Waals surface area contributed by atoms with E-state index in [4.69, 9.17) is 9.15 Å². The van der Waals surface area contributed by atoms with E-state index in [1.807, 2.05) is 24.3 Å². The second-order valence-electron chi connectivity index (χ2n) is 5.20. The van der Waals surface area contributed by atoms with Crippen LogP contribution in [-0.2, 0) is 4.74 Å². The summed E-state index contributed by atoms with van der Waals surface area (Å²) in [6.07, 6.45) is 2.81. The predicted octanol–water partition coefficient (Wildman–Crippen LogP) is 2.73. The Hall–Kier alpha value is -1.65. The molecule has 1 aromatic carbocycles. The number of ketones is 1. The standard InChI is InChI=1S/C16H19NO3/c1-2-12-9-17(7-8-19-12)10-15(18)14-11-20-16-6-4-3-5-13(14)16/h3-6,11-12H,2,7-10H2,1H3. The maximum atomic E-state index is 12.4. The Morgan fingerprint density at radius 3 is 3.10 bits per heavy atom. The molecule has 2 heterocycles. The number of furan rings is 1. The number of carbonyl (C=O) groups is 1. The van der Waals surface area contributed by atoms with Crippen molar-refractivity contribution in [3.8, 4) is 0 Å². The zero-order valence-electron chi connectivity index (χ0n) is 11.7. The van der Waals surface area contributed by atoms with Gasteiger partial charge in [0.05, 0.1) is 24.8 Å². The van der Waals surface area contributed by atoms with E-state index in [-0.39, 0.29) is 11.9 Å². The highest BCUT2D eigenvalue weighted by Crippen LogP contribution is 2.21. The molecule has 1 aliphatic heterocycles. The minimum absolute atomic E-state index is 0.117. The van der Waals surface area contributed by atoms with E-state index in [1.54, 1.807) is 6.26 Å². The minimum atomic E-state index is 0.117. The van der Waals surface area contributed by atoms with Crippen LogP contribution in [0.15, 0.2) is 34.9 Å². The summed E-state index contributed by atoms with van der Waals surface area (Å²) in [5.41, 5.74) is 1.45. The van der Waals surface area contributed by atoms with Gasteiger partial charge in [0, 0.05) is 18.5 Å². The van der Waals surface area contributed by atoms with Gasteiger partial charge in [0.1, 0.15) is 11.8 Å². The van der Waals surface area contributed by atoms with Crippen LogP contribution in [0.3, 0.4) is 0 Å². The molecule has 2 aromatic rings. The second-order valence-corrected chi connectivity index (χ2v) is 5.20. The lowest BCUT2D eigenvalue weighted by molar-refractivity contribution is -0.0271. The van der Waals surface area contributed by atoms with Crippen molar-refractivity contribution in [2.75, 3.05) is 26.2 Å². The number of carbonyl (C=O) groups excluding carboxylic acids is 1. The number of rotatable bonds is 4. The van der Waals surface area contributed by atoms with E-state index in [9.17, 15) is 4.79 Å². The number of hydrogen-bond acceptors (Lipinski definition) is 4. The molecule has 1 saturated heterocycles. The molecular weight excluding hydrogens is 254 g/mol. The van der Waals surface area contributed by atoms with Crippen molar-refractivity contribution in [1.82, 2.24) is 4.90 Å². The smallest absolute Gasteiger partial charge is 0.180 e. The summed E-state index contributed by atoms with van der Waals surface area (Å²) in [4.78, 5) is 14.6. The lowest BCUT2D eigenvalue weighted by atomic mass is 10.1. The van der Waals surface area contributed by atoms with Gasteiger partial charge in [-0.2, -0.15) is 0 Å². The van der Waals surface area contributed by atoms with E-state index < -0.39 is 0 Å². The predicted molar refractivity (Wildman–Crippen MR) is 77.0 cm³/mol. The third-order valence-electron chi connectivity index (χ3n) is 3.83. The van der Waals surface area contributed by atoms with Crippen LogP contribution in [0.5, 0.6) is 0 Å². The Labute approximate surface area is 118 Å². The molecule has 106 valence electrons. The molecular formula is C16H19NO3. The van der Waals surface area contributed by atoms with Gasteiger partial charge >= 0.3 is 0 Å². The molecule has 3 rings (SSSR count). The lowest BCUT2D eigenvalue weighted by Crippen LogP contribution is -2.44. The topological polar surface area (TPSA) is 42.7 Å². The van der Waals surface area contributed by atoms with E-state index in [2.05, 4.69) is 11.8 Å². The first-order valence-corrected chi connectivity index (χ1v) is 7.11. The van der Waals surface area contributed by atoms with Crippen LogP contribution in [0.4, 0.5) is 0 Å². The largest absolute Gasteiger partial charge is 0.464 e. The molecule has 1 aliphatic rings. The molecule has 0 N–H and O–H groups in total. The fraction of sp³-hybridized carbons (Fsp3) is 0.438. The second kappa shape index (κ2) is 5.77. The quantitative estimate of drug-likeness (QED) is 0.803. The van der Waals surface area contributed by atoms with Crippen LogP contribution in [0.25, 0.3) is 11.0 Å². The van der Waals surface area contributed by atoms with Crippen molar-refractivity contribution < 1.29 is 13.9 Å². The molecule has 1 fully saturated rings. The number of morpholine rings is 1. The van der Waals surface area contributed by atoms with E-state index in [1.165, 1.54) is 0 Å². The first-order chi connectivity index (χ1) is 9.78. The third-order valence-corrected chi connectivity index (χ3v) is 3.83. The minimum Gasteiger partial charge on any atom is -0.464 e. The van der Waals surface area contributed by atoms with Crippen LogP contribution in [0.2, 0.25) is 0 Å². The van der Waals surface area contributed by atoms with Crippen molar-refractivity contribution in [3.05, 3.63) is 36.1 Å². The van der Waals surface area contributed by atoms with Crippen molar-refractivity contribution in [2.24, 2.45) is 0 Å². The molecule has 1 atom stereocenters. The van der Waals surface area contributed by atoms with Crippen molar-refractivity contribution in [1.29, 1.82) is 0 Å². The average molecular weight is 273 g/mol. The van der Waals surface area contributed by atoms with Crippen LogP contribution in [0, 0.1) is 0 Å². The van der Waals surface area contributed by atoms with E-state index in [0.717, 1.165) is 30.5 Å². The molecule has 0 spiro atoms. The molecule has 4 heteroatoms. The summed E-state index contributed by atoms with van der Waals surface area (Å²) in [6, 6.07) is 7.65. The SMILES string of the molecule is CCC1CN(CC(=O)c2coc3ccccc23)CCO1. The highest BCUT2D eigenvalue weighted by molar-refractivity contribution is 6.08. The van der Waals surface area contributed by atoms with Crippen LogP contribution >= 0.6 is 0 Å². The molecule has 0 amide bonds. The summed E-state index contributed by atoms with van der Waals surface area (Å²) in [6.45, 7) is 4.90. The average Bonchev–Trinajstić information content (AvgIpc) is 2.91. The molecule has 1 unspecified atom stereocenters. The van der Waals surface area contributed by atoms with Crippen molar-refractivity contribution in [3.63, 3.8) is 0 Å². The zero-order valence-corrected chi connectivity index (χ0v) is 11.7. The summed E-state index contributed by atoms with van der Waals surface area (Å²) in [5, 5.41) is 0.901. The van der Waals surface area contributed by atoms with Crippen molar-refractivity contribution in [2.45, 2.75) is 19.4 Å². The molecule has 0 radical (unpaired) electrons. The van der Waals surface area contributed by atoms with Gasteiger partial charge in [-0.1, -0.05) is 25.1 Å². The number of para-hydroxylation sites is 1. The molecule has 20 heavy (non-hydrogen) atoms. The van der Waals surface area contributed by atoms with Crippen LogP contribution in [0.1, 0.15) is 23.7 Å². The number of ether oxygens (including phenoxy) is 1. The first kappa shape index (κ1) is 13.3. The maximum absolute atomic E-state index is 12.4. The van der Waals surface area contributed by atoms with E-state index in [0.29, 0.717) is 18.7 Å². The fourth-order valence-electron chi connectivity index (χ4n) is 2.65. The Balaban J connectivity index is 1.73. The maximum Gasteiger partial charge on any atom is 0.180 e. The van der Waals surface area contributed by atoms with Gasteiger partial charge in [0.25, 0.3) is 0 Å². The lowest BCUT2D eigenvalue weighted by Gasteiger charge is -2.31. The van der Waals surface area contributed by atoms with Gasteiger partial charge in [-0.3, -0.25) is 9.69 Å². The Morgan fingerprint density at radius 1 is 1.40 bits per heavy atom. The number of fused-ring (bicyclic) bond motifs is 1. The third kappa shape index (κ3) is 2.62. The summed E-state index contributed by atoms with van der Waals surface area (Å²) in [7, 11) is 0. The van der Waals surface area contributed by atoms with Crippen LogP contribution in [-0.4, -0.2) is 43.0 Å². The van der Waals surface area contributed by atoms with Crippen LogP contribution < -0.4 is 0 Å². The molecule has 1 aromatic heterocycles. The molecule has 0 saturated carbocycles. The summed E-state index contributed by atoms with van der Waals surface area (Å²) >= 11 is 0. The normalized spacial score (nSPS) is 20.4. The van der Waals surface area contributed by atoms with Gasteiger partial charge in [-0.25, -0.2) is 0 Å². The Morgan fingerprint density at radius 2 is 2.25 bits per heavy atom. The number of hydrogen-bond donors (Lipinski definition) is 0. The van der Waals surface area contributed by atoms with Gasteiger partial charge in [0.15, 0.2) is 5.78 Å². The Bertz CT molecular complexity index is 605. The van der Waals surface area contributed by atoms with Gasteiger partial charge in [-0.05, 0) is 12.5 Å². The van der Waals surface area contributed by atoms with Crippen molar-refractivity contribution >= 4 is 16.8 Å². The highest BCUT2D eigenvalue weighted by atomic mass is 16.5.